The standard InChI is InChI=1S/C18H22N4O/c1-12-9-16(13-5-3-6-14(10-13)17(19)23)21-18(20-12)15-7-4-8-22(2)11-15/h3,5-6,9-10,15H,4,7-8,11H2,1-2H3,(H2,19,23)/t15-/m1/s1. The number of carbonyl (C=O) groups excluding carboxylic acids is 1. The lowest BCUT2D eigenvalue weighted by molar-refractivity contribution is 0.100. The van der Waals surface area contributed by atoms with Crippen molar-refractivity contribution in [1.82, 2.24) is 14.9 Å². The van der Waals surface area contributed by atoms with E-state index in [0.717, 1.165) is 42.3 Å². The molecule has 0 bridgehead atoms. The molecule has 1 aliphatic rings. The monoisotopic (exact) mass is 310 g/mol. The largest absolute Gasteiger partial charge is 0.366 e. The van der Waals surface area contributed by atoms with Gasteiger partial charge in [0, 0.05) is 29.3 Å². The molecule has 1 amide bonds. The molecule has 2 heterocycles. The van der Waals surface area contributed by atoms with Crippen molar-refractivity contribution in [2.24, 2.45) is 5.73 Å². The Balaban J connectivity index is 1.97. The molecule has 23 heavy (non-hydrogen) atoms. The number of carbonyl (C=O) groups is 1. The van der Waals surface area contributed by atoms with Gasteiger partial charge in [-0.15, -0.1) is 0 Å². The molecule has 5 nitrogen and oxygen atoms in total. The number of nitrogens with two attached hydrogens (primary N) is 1. The molecule has 5 heteroatoms. The predicted molar refractivity (Wildman–Crippen MR) is 90.2 cm³/mol. The topological polar surface area (TPSA) is 72.1 Å². The SMILES string of the molecule is Cc1cc(-c2cccc(C(N)=O)c2)nc([C@@H]2CCCN(C)C2)n1. The van der Waals surface area contributed by atoms with Gasteiger partial charge in [0.05, 0.1) is 5.69 Å². The molecule has 120 valence electrons. The zero-order chi connectivity index (χ0) is 16.4. The van der Waals surface area contributed by atoms with E-state index in [1.54, 1.807) is 12.1 Å². The Kier molecular flexibility index (Phi) is 4.39. The van der Waals surface area contributed by atoms with Crippen molar-refractivity contribution in [3.63, 3.8) is 0 Å². The smallest absolute Gasteiger partial charge is 0.248 e. The highest BCUT2D eigenvalue weighted by atomic mass is 16.1. The Labute approximate surface area is 136 Å². The van der Waals surface area contributed by atoms with Crippen LogP contribution in [0.2, 0.25) is 0 Å². The van der Waals surface area contributed by atoms with Crippen molar-refractivity contribution >= 4 is 5.91 Å². The zero-order valence-electron chi connectivity index (χ0n) is 13.6. The third kappa shape index (κ3) is 3.56. The van der Waals surface area contributed by atoms with Crippen LogP contribution >= 0.6 is 0 Å². The molecule has 0 unspecified atom stereocenters. The van der Waals surface area contributed by atoms with E-state index in [-0.39, 0.29) is 0 Å². The maximum absolute atomic E-state index is 11.4. The van der Waals surface area contributed by atoms with E-state index >= 15 is 0 Å². The summed E-state index contributed by atoms with van der Waals surface area (Å²) in [5.74, 6) is 0.842. The van der Waals surface area contributed by atoms with Gasteiger partial charge in [-0.3, -0.25) is 4.79 Å². The Morgan fingerprint density at radius 1 is 1.30 bits per heavy atom. The van der Waals surface area contributed by atoms with Crippen LogP contribution in [-0.4, -0.2) is 40.9 Å². The second-order valence-electron chi connectivity index (χ2n) is 6.30. The quantitative estimate of drug-likeness (QED) is 0.944. The molecule has 0 saturated carbocycles. The van der Waals surface area contributed by atoms with Gasteiger partial charge in [0.15, 0.2) is 0 Å². The molecule has 1 aliphatic heterocycles. The highest BCUT2D eigenvalue weighted by Gasteiger charge is 2.22. The molecule has 0 aliphatic carbocycles. The number of aromatic nitrogens is 2. The van der Waals surface area contributed by atoms with Gasteiger partial charge in [-0.05, 0) is 51.6 Å². The molecule has 3 rings (SSSR count). The van der Waals surface area contributed by atoms with Crippen molar-refractivity contribution in [2.75, 3.05) is 20.1 Å². The van der Waals surface area contributed by atoms with E-state index in [4.69, 9.17) is 10.7 Å². The lowest BCUT2D eigenvalue weighted by Crippen LogP contribution is -2.31. The van der Waals surface area contributed by atoms with E-state index < -0.39 is 5.91 Å². The fourth-order valence-electron chi connectivity index (χ4n) is 3.13. The third-order valence-corrected chi connectivity index (χ3v) is 4.30. The summed E-state index contributed by atoms with van der Waals surface area (Å²) < 4.78 is 0. The minimum atomic E-state index is -0.424. The summed E-state index contributed by atoms with van der Waals surface area (Å²) in [5, 5.41) is 0. The van der Waals surface area contributed by atoms with Crippen molar-refractivity contribution in [1.29, 1.82) is 0 Å². The number of hydrogen-bond acceptors (Lipinski definition) is 4. The van der Waals surface area contributed by atoms with Crippen molar-refractivity contribution in [3.05, 3.63) is 47.4 Å². The van der Waals surface area contributed by atoms with Gasteiger partial charge in [-0.25, -0.2) is 9.97 Å². The number of piperidine rings is 1. The number of likely N-dealkylation sites (tertiary alicyclic amines) is 1. The molecule has 2 N–H and O–H groups in total. The van der Waals surface area contributed by atoms with Gasteiger partial charge in [-0.2, -0.15) is 0 Å². The zero-order valence-corrected chi connectivity index (χ0v) is 13.6. The molecule has 1 aromatic heterocycles. The first kappa shape index (κ1) is 15.6. The van der Waals surface area contributed by atoms with Crippen LogP contribution in [0, 0.1) is 6.92 Å². The normalized spacial score (nSPS) is 18.8. The van der Waals surface area contributed by atoms with E-state index in [9.17, 15) is 4.79 Å². The molecule has 2 aromatic rings. The lowest BCUT2D eigenvalue weighted by Gasteiger charge is -2.28. The Bertz CT molecular complexity index is 729. The third-order valence-electron chi connectivity index (χ3n) is 4.30. The Morgan fingerprint density at radius 2 is 2.13 bits per heavy atom. The highest BCUT2D eigenvalue weighted by Crippen LogP contribution is 2.26. The number of aryl methyl sites for hydroxylation is 1. The Hall–Kier alpha value is -2.27. The van der Waals surface area contributed by atoms with Crippen molar-refractivity contribution < 1.29 is 4.79 Å². The average Bonchev–Trinajstić information content (AvgIpc) is 2.54. The van der Waals surface area contributed by atoms with Gasteiger partial charge in [0.25, 0.3) is 0 Å². The van der Waals surface area contributed by atoms with Crippen LogP contribution in [0.15, 0.2) is 30.3 Å². The van der Waals surface area contributed by atoms with Crippen LogP contribution in [0.4, 0.5) is 0 Å². The first-order valence-electron chi connectivity index (χ1n) is 7.97. The van der Waals surface area contributed by atoms with Crippen LogP contribution in [0.3, 0.4) is 0 Å². The predicted octanol–water partition coefficient (Wildman–Crippen LogP) is 2.36. The van der Waals surface area contributed by atoms with Crippen LogP contribution in [-0.2, 0) is 0 Å². The van der Waals surface area contributed by atoms with E-state index in [0.29, 0.717) is 11.5 Å². The van der Waals surface area contributed by atoms with Crippen molar-refractivity contribution in [2.45, 2.75) is 25.7 Å². The minimum absolute atomic E-state index is 0.367. The molecular weight excluding hydrogens is 288 g/mol. The van der Waals surface area contributed by atoms with Gasteiger partial charge < -0.3 is 10.6 Å². The minimum Gasteiger partial charge on any atom is -0.366 e. The molecule has 0 spiro atoms. The first-order valence-corrected chi connectivity index (χ1v) is 7.97. The van der Waals surface area contributed by atoms with Gasteiger partial charge in [-0.1, -0.05) is 12.1 Å². The number of benzene rings is 1. The summed E-state index contributed by atoms with van der Waals surface area (Å²) in [6.07, 6.45) is 2.29. The maximum atomic E-state index is 11.4. The van der Waals surface area contributed by atoms with Crippen molar-refractivity contribution in [3.8, 4) is 11.3 Å². The fourth-order valence-corrected chi connectivity index (χ4v) is 3.13. The average molecular weight is 310 g/mol. The number of amides is 1. The maximum Gasteiger partial charge on any atom is 0.248 e. The second kappa shape index (κ2) is 6.46. The van der Waals surface area contributed by atoms with E-state index in [1.165, 1.54) is 6.42 Å². The van der Waals surface area contributed by atoms with Crippen LogP contribution in [0.5, 0.6) is 0 Å². The summed E-state index contributed by atoms with van der Waals surface area (Å²) in [6.45, 7) is 4.11. The summed E-state index contributed by atoms with van der Waals surface area (Å²) >= 11 is 0. The molecule has 1 atom stereocenters. The van der Waals surface area contributed by atoms with Crippen LogP contribution in [0.1, 0.15) is 40.6 Å². The Morgan fingerprint density at radius 3 is 2.87 bits per heavy atom. The summed E-state index contributed by atoms with van der Waals surface area (Å²) in [5.41, 5.74) is 8.57. The number of primary amides is 1. The first-order chi connectivity index (χ1) is 11.0. The second-order valence-corrected chi connectivity index (χ2v) is 6.30. The van der Waals surface area contributed by atoms with Gasteiger partial charge in [0.2, 0.25) is 5.91 Å². The lowest BCUT2D eigenvalue weighted by atomic mass is 9.97. The number of nitrogens with zero attached hydrogens (tertiary/aromatic N) is 3. The number of likely N-dealkylation sites (N-methyl/N-ethyl adjacent to an activating group) is 1. The molecule has 0 radical (unpaired) electrons. The highest BCUT2D eigenvalue weighted by molar-refractivity contribution is 5.93. The van der Waals surface area contributed by atoms with E-state index in [1.807, 2.05) is 25.1 Å². The number of rotatable bonds is 3. The summed E-state index contributed by atoms with van der Waals surface area (Å²) in [6, 6.07) is 9.25. The summed E-state index contributed by atoms with van der Waals surface area (Å²) in [7, 11) is 2.14. The fraction of sp³-hybridized carbons (Fsp3) is 0.389. The van der Waals surface area contributed by atoms with Crippen LogP contribution < -0.4 is 5.73 Å². The van der Waals surface area contributed by atoms with E-state index in [2.05, 4.69) is 16.9 Å². The van der Waals surface area contributed by atoms with Crippen LogP contribution in [0.25, 0.3) is 11.3 Å². The van der Waals surface area contributed by atoms with Gasteiger partial charge >= 0.3 is 0 Å². The van der Waals surface area contributed by atoms with Gasteiger partial charge in [0.1, 0.15) is 5.82 Å². The molecule has 1 aromatic carbocycles. The number of hydrogen-bond donors (Lipinski definition) is 1. The molecule has 1 saturated heterocycles. The molecule has 1 fully saturated rings. The molecular formula is C18H22N4O. The summed E-state index contributed by atoms with van der Waals surface area (Å²) in [4.78, 5) is 23.1.